The number of amides is 2. The number of carboxylic acids is 1. The van der Waals surface area contributed by atoms with Crippen LogP contribution in [0.15, 0.2) is 48.5 Å². The molecule has 204 valence electrons. The van der Waals surface area contributed by atoms with Crippen LogP contribution in [0.2, 0.25) is 10.0 Å². The normalized spacial score (nSPS) is 25.8. The lowest BCUT2D eigenvalue weighted by Crippen LogP contribution is -2.56. The Balaban J connectivity index is 1.76. The van der Waals surface area contributed by atoms with Crippen LogP contribution in [-0.4, -0.2) is 57.6 Å². The Bertz CT molecular complexity index is 1220. The van der Waals surface area contributed by atoms with Gasteiger partial charge in [0.2, 0.25) is 5.91 Å². The number of aliphatic carboxylic acids is 1. The lowest BCUT2D eigenvalue weighted by atomic mass is 9.67. The predicted molar refractivity (Wildman–Crippen MR) is 146 cm³/mol. The van der Waals surface area contributed by atoms with Crippen LogP contribution in [0.5, 0.6) is 0 Å². The number of rotatable bonds is 8. The first-order valence-corrected chi connectivity index (χ1v) is 13.6. The minimum Gasteiger partial charge on any atom is -0.481 e. The van der Waals surface area contributed by atoms with E-state index in [0.29, 0.717) is 36.0 Å². The molecule has 2 amide bonds. The molecule has 7 nitrogen and oxygen atoms in total. The van der Waals surface area contributed by atoms with Crippen molar-refractivity contribution >= 4 is 41.2 Å². The predicted octanol–water partition coefficient (Wildman–Crippen LogP) is 6.54. The Hall–Kier alpha value is -2.77. The van der Waals surface area contributed by atoms with E-state index in [1.54, 1.807) is 30.0 Å². The Morgan fingerprint density at radius 2 is 1.76 bits per heavy atom. The maximum absolute atomic E-state index is 14.2. The van der Waals surface area contributed by atoms with Gasteiger partial charge >= 0.3 is 12.1 Å². The zero-order chi connectivity index (χ0) is 27.8. The molecule has 2 aromatic rings. The van der Waals surface area contributed by atoms with Crippen LogP contribution in [0.3, 0.4) is 0 Å². The van der Waals surface area contributed by atoms with Crippen molar-refractivity contribution in [2.24, 2.45) is 5.41 Å². The summed E-state index contributed by atoms with van der Waals surface area (Å²) in [6.07, 6.45) is 0.203. The topological polar surface area (TPSA) is 87.2 Å². The van der Waals surface area contributed by atoms with E-state index in [1.165, 1.54) is 0 Å². The van der Waals surface area contributed by atoms with Crippen molar-refractivity contribution in [3.05, 3.63) is 69.7 Å². The van der Waals surface area contributed by atoms with E-state index in [4.69, 9.17) is 27.9 Å². The van der Waals surface area contributed by atoms with Gasteiger partial charge in [-0.15, -0.1) is 0 Å². The van der Waals surface area contributed by atoms with Gasteiger partial charge in [-0.3, -0.25) is 9.59 Å². The number of carboxylic acid groups (broad SMARTS) is 1. The molecule has 1 N–H and O–H groups in total. The molecule has 0 spiro atoms. The highest BCUT2D eigenvalue weighted by atomic mass is 35.5. The van der Waals surface area contributed by atoms with Crippen LogP contribution in [-0.2, 0) is 14.3 Å². The van der Waals surface area contributed by atoms with Crippen molar-refractivity contribution in [1.29, 1.82) is 0 Å². The monoisotopic (exact) mass is 560 g/mol. The molecule has 4 rings (SSSR count). The fourth-order valence-electron chi connectivity index (χ4n) is 5.87. The third-order valence-corrected chi connectivity index (χ3v) is 8.10. The van der Waals surface area contributed by atoms with E-state index < -0.39 is 17.0 Å². The number of cyclic esters (lactones) is 1. The number of benzene rings is 2. The number of hydrogen-bond acceptors (Lipinski definition) is 4. The molecule has 4 unspecified atom stereocenters. The van der Waals surface area contributed by atoms with Gasteiger partial charge in [0.15, 0.2) is 0 Å². The Labute approximate surface area is 233 Å². The summed E-state index contributed by atoms with van der Waals surface area (Å²) in [6.45, 7) is 8.30. The lowest BCUT2D eigenvalue weighted by molar-refractivity contribution is -0.160. The molecule has 0 radical (unpaired) electrons. The van der Waals surface area contributed by atoms with Crippen molar-refractivity contribution in [1.82, 2.24) is 9.80 Å². The van der Waals surface area contributed by atoms with Crippen molar-refractivity contribution in [2.75, 3.05) is 13.1 Å². The summed E-state index contributed by atoms with van der Waals surface area (Å²) in [4.78, 5) is 42.0. The molecule has 0 bridgehead atoms. The van der Waals surface area contributed by atoms with Crippen LogP contribution in [0.4, 0.5) is 4.79 Å². The average molecular weight is 562 g/mol. The van der Waals surface area contributed by atoms with E-state index in [1.807, 2.05) is 56.0 Å². The van der Waals surface area contributed by atoms with Gasteiger partial charge in [0.1, 0.15) is 5.60 Å². The standard InChI is InChI=1S/C29H34Cl2N2O5/c1-18(12-13-32-17-28(2,3)38-27(32)37)33-25(19-8-10-21(30)11-9-19)23(20-6-5-7-22(31)14-20)15-29(4,26(33)36)16-24(34)35/h5-11,14,18,23,25H,12-13,15-17H2,1-4H3,(H,34,35). The molecule has 2 aliphatic rings. The van der Waals surface area contributed by atoms with Gasteiger partial charge in [-0.05, 0) is 69.0 Å². The zero-order valence-electron chi connectivity index (χ0n) is 22.1. The number of carbonyl (C=O) groups excluding carboxylic acids is 2. The zero-order valence-corrected chi connectivity index (χ0v) is 23.6. The molecule has 0 aromatic heterocycles. The highest BCUT2D eigenvalue weighted by Gasteiger charge is 2.52. The second-order valence-corrected chi connectivity index (χ2v) is 12.3. The summed E-state index contributed by atoms with van der Waals surface area (Å²) in [7, 11) is 0. The molecule has 0 aliphatic carbocycles. The number of hydrogen-bond donors (Lipinski definition) is 1. The maximum Gasteiger partial charge on any atom is 0.410 e. The minimum absolute atomic E-state index is 0.213. The molecule has 2 fully saturated rings. The number of nitrogens with zero attached hydrogens (tertiary/aromatic N) is 2. The summed E-state index contributed by atoms with van der Waals surface area (Å²) in [5.41, 5.74) is 0.150. The molecule has 2 aliphatic heterocycles. The summed E-state index contributed by atoms with van der Waals surface area (Å²) >= 11 is 12.6. The Morgan fingerprint density at radius 1 is 1.08 bits per heavy atom. The van der Waals surface area contributed by atoms with Crippen molar-refractivity contribution in [3.8, 4) is 0 Å². The molecule has 0 saturated carbocycles. The fraction of sp³-hybridized carbons (Fsp3) is 0.483. The largest absolute Gasteiger partial charge is 0.481 e. The first kappa shape index (κ1) is 28.2. The van der Waals surface area contributed by atoms with Gasteiger partial charge in [0.25, 0.3) is 0 Å². The number of piperidine rings is 1. The SMILES string of the molecule is CC(CCN1CC(C)(C)OC1=O)N1C(=O)C(C)(CC(=O)O)CC(c2cccc(Cl)c2)C1c1ccc(Cl)cc1. The summed E-state index contributed by atoms with van der Waals surface area (Å²) in [6, 6.07) is 14.3. The first-order chi connectivity index (χ1) is 17.8. The Kier molecular flexibility index (Phi) is 8.01. The van der Waals surface area contributed by atoms with Crippen molar-refractivity contribution in [2.45, 2.75) is 70.6 Å². The molecular formula is C29H34Cl2N2O5. The van der Waals surface area contributed by atoms with Gasteiger partial charge in [-0.1, -0.05) is 54.4 Å². The van der Waals surface area contributed by atoms with Gasteiger partial charge < -0.3 is 19.6 Å². The molecule has 2 aromatic carbocycles. The first-order valence-electron chi connectivity index (χ1n) is 12.8. The van der Waals surface area contributed by atoms with Crippen molar-refractivity contribution < 1.29 is 24.2 Å². The second-order valence-electron chi connectivity index (χ2n) is 11.4. The molecule has 2 saturated heterocycles. The van der Waals surface area contributed by atoms with Gasteiger partial charge in [-0.2, -0.15) is 0 Å². The Morgan fingerprint density at radius 3 is 2.34 bits per heavy atom. The molecule has 4 atom stereocenters. The minimum atomic E-state index is -1.12. The smallest absolute Gasteiger partial charge is 0.410 e. The molecule has 2 heterocycles. The molecule has 9 heteroatoms. The summed E-state index contributed by atoms with van der Waals surface area (Å²) in [5.74, 6) is -1.45. The number of ether oxygens (including phenoxy) is 1. The summed E-state index contributed by atoms with van der Waals surface area (Å²) in [5, 5.41) is 10.9. The fourth-order valence-corrected chi connectivity index (χ4v) is 6.20. The number of likely N-dealkylation sites (tertiary alicyclic amines) is 1. The van der Waals surface area contributed by atoms with Gasteiger partial charge in [-0.25, -0.2) is 4.79 Å². The van der Waals surface area contributed by atoms with E-state index >= 15 is 0 Å². The van der Waals surface area contributed by atoms with Crippen LogP contribution in [0.25, 0.3) is 0 Å². The average Bonchev–Trinajstić information content (AvgIpc) is 3.10. The van der Waals surface area contributed by atoms with E-state index in [-0.39, 0.29) is 36.4 Å². The molecular weight excluding hydrogens is 527 g/mol. The second kappa shape index (κ2) is 10.8. The highest BCUT2D eigenvalue weighted by Crippen LogP contribution is 2.52. The van der Waals surface area contributed by atoms with E-state index in [0.717, 1.165) is 11.1 Å². The third kappa shape index (κ3) is 5.94. The van der Waals surface area contributed by atoms with Crippen LogP contribution in [0.1, 0.15) is 70.0 Å². The number of carbonyl (C=O) groups is 3. The van der Waals surface area contributed by atoms with E-state index in [2.05, 4.69) is 0 Å². The van der Waals surface area contributed by atoms with E-state index in [9.17, 15) is 19.5 Å². The van der Waals surface area contributed by atoms with Crippen LogP contribution in [0, 0.1) is 5.41 Å². The molecule has 38 heavy (non-hydrogen) atoms. The summed E-state index contributed by atoms with van der Waals surface area (Å²) < 4.78 is 5.44. The van der Waals surface area contributed by atoms with Gasteiger partial charge in [0, 0.05) is 28.5 Å². The van der Waals surface area contributed by atoms with Gasteiger partial charge in [0.05, 0.1) is 24.4 Å². The highest BCUT2D eigenvalue weighted by molar-refractivity contribution is 6.30. The third-order valence-electron chi connectivity index (χ3n) is 7.62. The van der Waals surface area contributed by atoms with Crippen molar-refractivity contribution in [3.63, 3.8) is 0 Å². The number of halogens is 2. The maximum atomic E-state index is 14.2. The van der Waals surface area contributed by atoms with Crippen LogP contribution < -0.4 is 0 Å². The lowest BCUT2D eigenvalue weighted by Gasteiger charge is -2.51. The quantitative estimate of drug-likeness (QED) is 0.396. The van der Waals surface area contributed by atoms with Crippen LogP contribution >= 0.6 is 23.2 Å².